The minimum Gasteiger partial charge on any atom is -0.377 e. The van der Waals surface area contributed by atoms with Crippen LogP contribution in [0.4, 0.5) is 4.39 Å². The lowest BCUT2D eigenvalue weighted by Crippen LogP contribution is -2.10. The van der Waals surface area contributed by atoms with E-state index in [4.69, 9.17) is 4.74 Å². The van der Waals surface area contributed by atoms with Gasteiger partial charge in [0.1, 0.15) is 12.4 Å². The summed E-state index contributed by atoms with van der Waals surface area (Å²) in [6.07, 6.45) is 0.259. The van der Waals surface area contributed by atoms with Crippen molar-refractivity contribution in [2.24, 2.45) is 0 Å². The third-order valence-electron chi connectivity index (χ3n) is 1.71. The first-order valence-corrected chi connectivity index (χ1v) is 4.87. The SMILES string of the molecule is COCC(=O)Cc1ccc(F)cc1Br. The summed E-state index contributed by atoms with van der Waals surface area (Å²) in [4.78, 5) is 11.2. The van der Waals surface area contributed by atoms with E-state index in [1.807, 2.05) is 0 Å². The van der Waals surface area contributed by atoms with Crippen molar-refractivity contribution in [1.82, 2.24) is 0 Å². The Balaban J connectivity index is 2.72. The molecule has 0 aliphatic heterocycles. The summed E-state index contributed by atoms with van der Waals surface area (Å²) in [5.74, 6) is -0.348. The Morgan fingerprint density at radius 1 is 1.57 bits per heavy atom. The standard InChI is InChI=1S/C10H10BrFO2/c1-14-6-9(13)4-7-2-3-8(12)5-10(7)11/h2-3,5H,4,6H2,1H3. The predicted molar refractivity (Wildman–Crippen MR) is 54.7 cm³/mol. The third-order valence-corrected chi connectivity index (χ3v) is 2.45. The van der Waals surface area contributed by atoms with Gasteiger partial charge < -0.3 is 4.74 Å². The van der Waals surface area contributed by atoms with Crippen LogP contribution < -0.4 is 0 Å². The molecule has 0 atom stereocenters. The molecule has 0 aliphatic carbocycles. The van der Waals surface area contributed by atoms with E-state index >= 15 is 0 Å². The topological polar surface area (TPSA) is 26.3 Å². The average Bonchev–Trinajstić information content (AvgIpc) is 2.10. The van der Waals surface area contributed by atoms with E-state index in [1.165, 1.54) is 19.2 Å². The second-order valence-corrected chi connectivity index (χ2v) is 3.74. The predicted octanol–water partition coefficient (Wildman–Crippen LogP) is 2.35. The highest BCUT2D eigenvalue weighted by Crippen LogP contribution is 2.18. The number of carbonyl (C=O) groups is 1. The molecule has 0 aromatic heterocycles. The number of halogens is 2. The van der Waals surface area contributed by atoms with Gasteiger partial charge in [0, 0.05) is 18.0 Å². The van der Waals surface area contributed by atoms with Gasteiger partial charge >= 0.3 is 0 Å². The zero-order valence-corrected chi connectivity index (χ0v) is 9.30. The van der Waals surface area contributed by atoms with Crippen LogP contribution in [0.2, 0.25) is 0 Å². The fourth-order valence-electron chi connectivity index (χ4n) is 1.09. The van der Waals surface area contributed by atoms with Crippen molar-refractivity contribution < 1.29 is 13.9 Å². The maximum atomic E-state index is 12.7. The van der Waals surface area contributed by atoms with Gasteiger partial charge in [0.2, 0.25) is 0 Å². The first-order chi connectivity index (χ1) is 6.63. The molecule has 14 heavy (non-hydrogen) atoms. The Bertz CT molecular complexity index is 339. The molecule has 0 unspecified atom stereocenters. The van der Waals surface area contributed by atoms with Gasteiger partial charge in [-0.1, -0.05) is 22.0 Å². The summed E-state index contributed by atoms with van der Waals surface area (Å²) in [7, 11) is 1.47. The molecule has 0 saturated heterocycles. The normalized spacial score (nSPS) is 10.2. The number of Topliss-reactive ketones (excluding diaryl/α,β-unsaturated/α-hetero) is 1. The Morgan fingerprint density at radius 2 is 2.29 bits per heavy atom. The second kappa shape index (κ2) is 5.22. The molecule has 4 heteroatoms. The van der Waals surface area contributed by atoms with Crippen LogP contribution >= 0.6 is 15.9 Å². The van der Waals surface area contributed by atoms with Crippen LogP contribution in [0.15, 0.2) is 22.7 Å². The number of hydrogen-bond acceptors (Lipinski definition) is 2. The van der Waals surface area contributed by atoms with Gasteiger partial charge in [-0.05, 0) is 17.7 Å². The quantitative estimate of drug-likeness (QED) is 0.831. The van der Waals surface area contributed by atoms with Gasteiger partial charge in [-0.2, -0.15) is 0 Å². The van der Waals surface area contributed by atoms with Crippen LogP contribution in [-0.2, 0) is 16.0 Å². The second-order valence-electron chi connectivity index (χ2n) is 2.88. The van der Waals surface area contributed by atoms with Crippen LogP contribution in [0.5, 0.6) is 0 Å². The molecule has 0 fully saturated rings. The number of ether oxygens (including phenoxy) is 1. The molecule has 76 valence electrons. The van der Waals surface area contributed by atoms with Crippen LogP contribution in [0.3, 0.4) is 0 Å². The highest BCUT2D eigenvalue weighted by molar-refractivity contribution is 9.10. The molecule has 0 heterocycles. The van der Waals surface area contributed by atoms with Crippen molar-refractivity contribution in [2.45, 2.75) is 6.42 Å². The molecule has 0 aliphatic rings. The fourth-order valence-corrected chi connectivity index (χ4v) is 1.58. The van der Waals surface area contributed by atoms with Crippen molar-refractivity contribution in [3.05, 3.63) is 34.1 Å². The summed E-state index contributed by atoms with van der Waals surface area (Å²) in [6.45, 7) is 0.0871. The summed E-state index contributed by atoms with van der Waals surface area (Å²) in [6, 6.07) is 4.27. The van der Waals surface area contributed by atoms with E-state index in [9.17, 15) is 9.18 Å². The number of rotatable bonds is 4. The van der Waals surface area contributed by atoms with Crippen LogP contribution in [0.1, 0.15) is 5.56 Å². The Hall–Kier alpha value is -0.740. The van der Waals surface area contributed by atoms with E-state index in [0.29, 0.717) is 4.47 Å². The van der Waals surface area contributed by atoms with Crippen molar-refractivity contribution in [3.8, 4) is 0 Å². The van der Waals surface area contributed by atoms with Crippen LogP contribution in [0.25, 0.3) is 0 Å². The molecule has 1 aromatic carbocycles. The molecule has 2 nitrogen and oxygen atoms in total. The van der Waals surface area contributed by atoms with Gasteiger partial charge in [-0.3, -0.25) is 4.79 Å². The van der Waals surface area contributed by atoms with Crippen LogP contribution in [0, 0.1) is 5.82 Å². The molecular formula is C10H10BrFO2. The van der Waals surface area contributed by atoms with Gasteiger partial charge in [0.25, 0.3) is 0 Å². The Kier molecular flexibility index (Phi) is 4.22. The van der Waals surface area contributed by atoms with Crippen molar-refractivity contribution in [1.29, 1.82) is 0 Å². The summed E-state index contributed by atoms with van der Waals surface area (Å²) in [5.41, 5.74) is 0.772. The monoisotopic (exact) mass is 260 g/mol. The van der Waals surface area contributed by atoms with Gasteiger partial charge in [0.15, 0.2) is 5.78 Å². The number of carbonyl (C=O) groups excluding carboxylic acids is 1. The van der Waals surface area contributed by atoms with E-state index in [1.54, 1.807) is 6.07 Å². The average molecular weight is 261 g/mol. The fraction of sp³-hybridized carbons (Fsp3) is 0.300. The lowest BCUT2D eigenvalue weighted by molar-refractivity contribution is -0.121. The zero-order chi connectivity index (χ0) is 10.6. The molecule has 0 amide bonds. The lowest BCUT2D eigenvalue weighted by Gasteiger charge is -2.03. The van der Waals surface area contributed by atoms with Gasteiger partial charge in [-0.25, -0.2) is 4.39 Å². The molecule has 0 spiro atoms. The third kappa shape index (κ3) is 3.20. The van der Waals surface area contributed by atoms with Gasteiger partial charge in [-0.15, -0.1) is 0 Å². The summed E-state index contributed by atoms with van der Waals surface area (Å²) < 4.78 is 18.0. The number of benzene rings is 1. The van der Waals surface area contributed by atoms with E-state index in [2.05, 4.69) is 15.9 Å². The maximum Gasteiger partial charge on any atom is 0.162 e. The van der Waals surface area contributed by atoms with Crippen molar-refractivity contribution >= 4 is 21.7 Å². The van der Waals surface area contributed by atoms with Crippen molar-refractivity contribution in [2.75, 3.05) is 13.7 Å². The molecule has 0 N–H and O–H groups in total. The van der Waals surface area contributed by atoms with E-state index in [-0.39, 0.29) is 24.6 Å². The molecule has 0 radical (unpaired) electrons. The first-order valence-electron chi connectivity index (χ1n) is 4.08. The largest absolute Gasteiger partial charge is 0.377 e. The minimum absolute atomic E-state index is 0.0280. The lowest BCUT2D eigenvalue weighted by atomic mass is 10.1. The zero-order valence-electron chi connectivity index (χ0n) is 7.72. The van der Waals surface area contributed by atoms with Gasteiger partial charge in [0.05, 0.1) is 0 Å². The molecule has 1 aromatic rings. The summed E-state index contributed by atoms with van der Waals surface area (Å²) >= 11 is 3.19. The number of ketones is 1. The maximum absolute atomic E-state index is 12.7. The Labute approximate surface area is 90.2 Å². The Morgan fingerprint density at radius 3 is 2.86 bits per heavy atom. The highest BCUT2D eigenvalue weighted by atomic mass is 79.9. The molecule has 0 bridgehead atoms. The molecule has 1 rings (SSSR count). The van der Waals surface area contributed by atoms with E-state index < -0.39 is 0 Å². The number of methoxy groups -OCH3 is 1. The minimum atomic E-state index is -0.320. The molecule has 0 saturated carbocycles. The first kappa shape index (κ1) is 11.3. The molecular weight excluding hydrogens is 251 g/mol. The van der Waals surface area contributed by atoms with Crippen molar-refractivity contribution in [3.63, 3.8) is 0 Å². The summed E-state index contributed by atoms with van der Waals surface area (Å²) in [5, 5.41) is 0. The van der Waals surface area contributed by atoms with Crippen LogP contribution in [-0.4, -0.2) is 19.5 Å². The van der Waals surface area contributed by atoms with E-state index in [0.717, 1.165) is 5.56 Å². The smallest absolute Gasteiger partial charge is 0.162 e. The highest BCUT2D eigenvalue weighted by Gasteiger charge is 2.07. The number of hydrogen-bond donors (Lipinski definition) is 0.